The van der Waals surface area contributed by atoms with Crippen LogP contribution in [0.5, 0.6) is 11.5 Å². The molecular weight excluding hydrogens is 392 g/mol. The third kappa shape index (κ3) is 4.73. The van der Waals surface area contributed by atoms with Crippen molar-refractivity contribution in [3.05, 3.63) is 57.6 Å². The van der Waals surface area contributed by atoms with Crippen molar-refractivity contribution in [1.29, 1.82) is 0 Å². The van der Waals surface area contributed by atoms with Crippen LogP contribution in [0.1, 0.15) is 26.3 Å². The molecule has 6 nitrogen and oxygen atoms in total. The van der Waals surface area contributed by atoms with Crippen LogP contribution in [0.2, 0.25) is 0 Å². The predicted octanol–water partition coefficient (Wildman–Crippen LogP) is 3.61. The molecule has 0 spiro atoms. The van der Waals surface area contributed by atoms with E-state index in [-0.39, 0.29) is 17.7 Å². The molecule has 0 N–H and O–H groups in total. The fourth-order valence-corrected chi connectivity index (χ4v) is 2.71. The van der Waals surface area contributed by atoms with Gasteiger partial charge in [0.25, 0.3) is 0 Å². The molecule has 0 heterocycles. The molecule has 0 aliphatic rings. The molecule has 132 valence electrons. The average Bonchev–Trinajstić information content (AvgIpc) is 2.64. The van der Waals surface area contributed by atoms with Gasteiger partial charge >= 0.3 is 11.9 Å². The summed E-state index contributed by atoms with van der Waals surface area (Å²) in [4.78, 5) is 23.5. The Morgan fingerprint density at radius 2 is 1.52 bits per heavy atom. The second-order valence-electron chi connectivity index (χ2n) is 4.99. The second-order valence-corrected chi connectivity index (χ2v) is 5.84. The van der Waals surface area contributed by atoms with Crippen molar-refractivity contribution in [2.75, 3.05) is 21.3 Å². The molecule has 0 atom stereocenters. The first-order valence-corrected chi connectivity index (χ1v) is 8.04. The molecule has 2 rings (SSSR count). The highest BCUT2D eigenvalue weighted by Crippen LogP contribution is 2.26. The van der Waals surface area contributed by atoms with Crippen molar-refractivity contribution in [1.82, 2.24) is 0 Å². The Balaban J connectivity index is 2.24. The maximum atomic E-state index is 11.8. The van der Waals surface area contributed by atoms with Crippen molar-refractivity contribution in [3.8, 4) is 11.5 Å². The minimum Gasteiger partial charge on any atom is -0.496 e. The van der Waals surface area contributed by atoms with Gasteiger partial charge in [-0.2, -0.15) is 0 Å². The fraction of sp³-hybridized carbons (Fsp3) is 0.222. The predicted molar refractivity (Wildman–Crippen MR) is 94.1 cm³/mol. The summed E-state index contributed by atoms with van der Waals surface area (Å²) in [5.74, 6) is -0.0646. The van der Waals surface area contributed by atoms with Gasteiger partial charge in [-0.3, -0.25) is 0 Å². The van der Waals surface area contributed by atoms with Crippen LogP contribution in [-0.4, -0.2) is 33.3 Å². The molecule has 7 heteroatoms. The van der Waals surface area contributed by atoms with E-state index in [0.717, 1.165) is 10.0 Å². The Kier molecular flexibility index (Phi) is 6.41. The van der Waals surface area contributed by atoms with Crippen LogP contribution >= 0.6 is 15.9 Å². The lowest BCUT2D eigenvalue weighted by Gasteiger charge is -2.11. The summed E-state index contributed by atoms with van der Waals surface area (Å²) >= 11 is 3.41. The summed E-state index contributed by atoms with van der Waals surface area (Å²) in [6.45, 7) is 0.244. The van der Waals surface area contributed by atoms with Crippen molar-refractivity contribution in [2.45, 2.75) is 6.61 Å². The standard InChI is InChI=1S/C18H17BrO6/c1-22-16-5-4-11(6-15(16)19)10-25-14-8-12(17(20)23-2)7-13(9-14)18(21)24-3/h4-9H,10H2,1-3H3. The van der Waals surface area contributed by atoms with Gasteiger partial charge in [0, 0.05) is 0 Å². The molecule has 2 aromatic rings. The highest BCUT2D eigenvalue weighted by molar-refractivity contribution is 9.10. The van der Waals surface area contributed by atoms with Gasteiger partial charge in [-0.05, 0) is 51.8 Å². The van der Waals surface area contributed by atoms with Crippen molar-refractivity contribution in [2.24, 2.45) is 0 Å². The Bertz CT molecular complexity index is 753. The Hall–Kier alpha value is -2.54. The largest absolute Gasteiger partial charge is 0.496 e. The zero-order valence-corrected chi connectivity index (χ0v) is 15.6. The summed E-state index contributed by atoms with van der Waals surface area (Å²) in [6, 6.07) is 9.95. The van der Waals surface area contributed by atoms with Crippen LogP contribution in [0.15, 0.2) is 40.9 Å². The number of benzene rings is 2. The number of carbonyl (C=O) groups excluding carboxylic acids is 2. The molecule has 2 aromatic carbocycles. The maximum absolute atomic E-state index is 11.8. The number of methoxy groups -OCH3 is 3. The quantitative estimate of drug-likeness (QED) is 0.679. The average molecular weight is 409 g/mol. The number of hydrogen-bond donors (Lipinski definition) is 0. The topological polar surface area (TPSA) is 71.1 Å². The van der Waals surface area contributed by atoms with E-state index in [4.69, 9.17) is 18.9 Å². The van der Waals surface area contributed by atoms with Gasteiger partial charge in [0.15, 0.2) is 0 Å². The zero-order chi connectivity index (χ0) is 18.4. The van der Waals surface area contributed by atoms with Crippen LogP contribution in [0.3, 0.4) is 0 Å². The zero-order valence-electron chi connectivity index (χ0n) is 14.0. The Morgan fingerprint density at radius 1 is 0.920 bits per heavy atom. The lowest BCUT2D eigenvalue weighted by molar-refractivity contribution is 0.0598. The number of hydrogen-bond acceptors (Lipinski definition) is 6. The van der Waals surface area contributed by atoms with Crippen molar-refractivity contribution in [3.63, 3.8) is 0 Å². The third-order valence-corrected chi connectivity index (χ3v) is 3.99. The highest BCUT2D eigenvalue weighted by atomic mass is 79.9. The normalized spacial score (nSPS) is 10.1. The minimum absolute atomic E-state index is 0.205. The van der Waals surface area contributed by atoms with E-state index < -0.39 is 11.9 Å². The maximum Gasteiger partial charge on any atom is 0.338 e. The van der Waals surface area contributed by atoms with E-state index in [1.807, 2.05) is 18.2 Å². The van der Waals surface area contributed by atoms with E-state index in [2.05, 4.69) is 15.9 Å². The minimum atomic E-state index is -0.567. The van der Waals surface area contributed by atoms with Crippen molar-refractivity contribution < 1.29 is 28.5 Å². The van der Waals surface area contributed by atoms with Gasteiger partial charge in [-0.25, -0.2) is 9.59 Å². The number of halogens is 1. The van der Waals surface area contributed by atoms with Gasteiger partial charge < -0.3 is 18.9 Å². The van der Waals surface area contributed by atoms with E-state index in [1.54, 1.807) is 7.11 Å². The number of rotatable bonds is 6. The molecule has 25 heavy (non-hydrogen) atoms. The molecule has 0 aliphatic heterocycles. The van der Waals surface area contributed by atoms with Crippen molar-refractivity contribution >= 4 is 27.9 Å². The molecule has 0 bridgehead atoms. The van der Waals surface area contributed by atoms with Crippen LogP contribution < -0.4 is 9.47 Å². The third-order valence-electron chi connectivity index (χ3n) is 3.37. The molecule has 0 saturated heterocycles. The first kappa shape index (κ1) is 18.8. The van der Waals surface area contributed by atoms with Gasteiger partial charge in [-0.1, -0.05) is 6.07 Å². The molecule has 0 amide bonds. The van der Waals surface area contributed by atoms with Gasteiger partial charge in [0.1, 0.15) is 18.1 Å². The van der Waals surface area contributed by atoms with Gasteiger partial charge in [0.05, 0.1) is 36.9 Å². The number of carbonyl (C=O) groups is 2. The van der Waals surface area contributed by atoms with E-state index in [9.17, 15) is 9.59 Å². The lowest BCUT2D eigenvalue weighted by atomic mass is 10.1. The van der Waals surface area contributed by atoms with Crippen LogP contribution in [0.25, 0.3) is 0 Å². The summed E-state index contributed by atoms with van der Waals surface area (Å²) < 4.78 is 21.1. The van der Waals surface area contributed by atoms with E-state index in [1.165, 1.54) is 32.4 Å². The summed E-state index contributed by atoms with van der Waals surface area (Å²) in [5, 5.41) is 0. The molecule has 0 aliphatic carbocycles. The smallest absolute Gasteiger partial charge is 0.338 e. The van der Waals surface area contributed by atoms with E-state index >= 15 is 0 Å². The fourth-order valence-electron chi connectivity index (χ4n) is 2.12. The van der Waals surface area contributed by atoms with E-state index in [0.29, 0.717) is 11.5 Å². The first-order valence-electron chi connectivity index (χ1n) is 7.25. The lowest BCUT2D eigenvalue weighted by Crippen LogP contribution is -2.07. The molecule has 0 radical (unpaired) electrons. The van der Waals surface area contributed by atoms with Crippen LogP contribution in [-0.2, 0) is 16.1 Å². The Labute approximate surface area is 153 Å². The molecule has 0 unspecified atom stereocenters. The monoisotopic (exact) mass is 408 g/mol. The highest BCUT2D eigenvalue weighted by Gasteiger charge is 2.14. The molecule has 0 aromatic heterocycles. The Morgan fingerprint density at radius 3 is 2.00 bits per heavy atom. The summed E-state index contributed by atoms with van der Waals surface area (Å²) in [6.07, 6.45) is 0. The first-order chi connectivity index (χ1) is 12.0. The molecular formula is C18H17BrO6. The molecule has 0 saturated carbocycles. The second kappa shape index (κ2) is 8.53. The van der Waals surface area contributed by atoms with Gasteiger partial charge in [-0.15, -0.1) is 0 Å². The van der Waals surface area contributed by atoms with Gasteiger partial charge in [0.2, 0.25) is 0 Å². The molecule has 0 fully saturated rings. The number of esters is 2. The van der Waals surface area contributed by atoms with Crippen LogP contribution in [0, 0.1) is 0 Å². The number of ether oxygens (including phenoxy) is 4. The van der Waals surface area contributed by atoms with Crippen LogP contribution in [0.4, 0.5) is 0 Å². The summed E-state index contributed by atoms with van der Waals surface area (Å²) in [5.41, 5.74) is 1.29. The summed E-state index contributed by atoms with van der Waals surface area (Å²) in [7, 11) is 4.12. The SMILES string of the molecule is COC(=O)c1cc(OCc2ccc(OC)c(Br)c2)cc(C(=O)OC)c1.